The molecule has 0 aliphatic heterocycles. The Morgan fingerprint density at radius 3 is 2.28 bits per heavy atom. The van der Waals surface area contributed by atoms with Crippen molar-refractivity contribution in [2.75, 3.05) is 29.9 Å². The number of hydrogen-bond acceptors (Lipinski definition) is 4. The fourth-order valence-corrected chi connectivity index (χ4v) is 3.16. The molecular weight excluding hydrogens is 360 g/mol. The highest BCUT2D eigenvalue weighted by Gasteiger charge is 2.06. The number of carbonyl (C=O) groups is 1. The van der Waals surface area contributed by atoms with E-state index in [4.69, 9.17) is 0 Å². The van der Waals surface area contributed by atoms with Gasteiger partial charge in [0.1, 0.15) is 5.82 Å². The largest absolute Gasteiger partial charge is 0.372 e. The second-order valence-corrected chi connectivity index (χ2v) is 6.77. The van der Waals surface area contributed by atoms with Gasteiger partial charge in [-0.1, -0.05) is 30.3 Å². The maximum atomic E-state index is 12.3. The Bertz CT molecular complexity index is 888. The van der Waals surface area contributed by atoms with Crippen LogP contribution in [-0.4, -0.2) is 30.5 Å². The van der Waals surface area contributed by atoms with E-state index < -0.39 is 0 Å². The monoisotopic (exact) mass is 388 g/mol. The third-order valence-corrected chi connectivity index (χ3v) is 4.84. The summed E-state index contributed by atoms with van der Waals surface area (Å²) >= 11 is 0. The molecule has 0 unspecified atom stereocenters. The van der Waals surface area contributed by atoms with E-state index in [0.717, 1.165) is 25.2 Å². The Morgan fingerprint density at radius 2 is 1.66 bits per heavy atom. The fraction of sp³-hybridized carbons (Fsp3) is 0.250. The molecule has 150 valence electrons. The van der Waals surface area contributed by atoms with E-state index in [9.17, 15) is 4.79 Å². The van der Waals surface area contributed by atoms with Crippen molar-refractivity contribution in [3.63, 3.8) is 0 Å². The van der Waals surface area contributed by atoms with Crippen LogP contribution in [0.4, 0.5) is 17.2 Å². The summed E-state index contributed by atoms with van der Waals surface area (Å²) in [5, 5.41) is 6.22. The second kappa shape index (κ2) is 10.3. The second-order valence-electron chi connectivity index (χ2n) is 6.77. The lowest BCUT2D eigenvalue weighted by atomic mass is 10.1. The summed E-state index contributed by atoms with van der Waals surface area (Å²) in [5.74, 6) is 0.602. The average molecular weight is 389 g/mol. The fourth-order valence-electron chi connectivity index (χ4n) is 3.16. The van der Waals surface area contributed by atoms with Gasteiger partial charge in [-0.3, -0.25) is 4.79 Å². The van der Waals surface area contributed by atoms with Gasteiger partial charge in [-0.2, -0.15) is 0 Å². The molecule has 5 heteroatoms. The first kappa shape index (κ1) is 20.4. The predicted molar refractivity (Wildman–Crippen MR) is 120 cm³/mol. The maximum Gasteiger partial charge on any atom is 0.252 e. The van der Waals surface area contributed by atoms with Crippen LogP contribution in [0.3, 0.4) is 0 Å². The van der Waals surface area contributed by atoms with E-state index >= 15 is 0 Å². The van der Waals surface area contributed by atoms with Crippen LogP contribution in [-0.2, 0) is 6.42 Å². The number of rotatable bonds is 9. The molecule has 2 N–H and O–H groups in total. The van der Waals surface area contributed by atoms with Gasteiger partial charge in [0.2, 0.25) is 0 Å². The SMILES string of the molecule is CCN(CC)c1ccc(Nc2ccc(C(=O)NCCc3ccccc3)cn2)cc1. The van der Waals surface area contributed by atoms with Crippen LogP contribution < -0.4 is 15.5 Å². The molecule has 1 amide bonds. The molecule has 0 spiro atoms. The molecule has 1 aromatic heterocycles. The quantitative estimate of drug-likeness (QED) is 0.560. The summed E-state index contributed by atoms with van der Waals surface area (Å²) in [6.07, 6.45) is 2.41. The molecule has 5 nitrogen and oxygen atoms in total. The zero-order valence-electron chi connectivity index (χ0n) is 17.1. The Morgan fingerprint density at radius 1 is 0.931 bits per heavy atom. The van der Waals surface area contributed by atoms with Gasteiger partial charge in [-0.25, -0.2) is 4.98 Å². The molecule has 29 heavy (non-hydrogen) atoms. The molecule has 0 saturated heterocycles. The molecule has 2 aromatic carbocycles. The standard InChI is InChI=1S/C24H28N4O/c1-3-28(4-2)22-13-11-21(12-14-22)27-23-15-10-20(18-26-23)24(29)25-17-16-19-8-6-5-7-9-19/h5-15,18H,3-4,16-17H2,1-2H3,(H,25,29)(H,26,27). The van der Waals surface area contributed by atoms with E-state index in [0.29, 0.717) is 17.9 Å². The molecule has 0 aliphatic carbocycles. The molecule has 0 fully saturated rings. The van der Waals surface area contributed by atoms with Crippen LogP contribution in [0.5, 0.6) is 0 Å². The van der Waals surface area contributed by atoms with Gasteiger partial charge in [-0.05, 0) is 62.2 Å². The Balaban J connectivity index is 1.52. The zero-order valence-corrected chi connectivity index (χ0v) is 17.1. The highest BCUT2D eigenvalue weighted by molar-refractivity contribution is 5.94. The number of hydrogen-bond donors (Lipinski definition) is 2. The van der Waals surface area contributed by atoms with Gasteiger partial charge in [0, 0.05) is 37.2 Å². The van der Waals surface area contributed by atoms with Crippen molar-refractivity contribution < 1.29 is 4.79 Å². The summed E-state index contributed by atoms with van der Waals surface area (Å²) in [7, 11) is 0. The lowest BCUT2D eigenvalue weighted by molar-refractivity contribution is 0.0954. The molecule has 0 saturated carbocycles. The summed E-state index contributed by atoms with van der Waals surface area (Å²) in [6, 6.07) is 22.0. The summed E-state index contributed by atoms with van der Waals surface area (Å²) in [5.41, 5.74) is 3.93. The molecule has 0 radical (unpaired) electrons. The van der Waals surface area contributed by atoms with Gasteiger partial charge >= 0.3 is 0 Å². The predicted octanol–water partition coefficient (Wildman–Crippen LogP) is 4.64. The van der Waals surface area contributed by atoms with Crippen LogP contribution >= 0.6 is 0 Å². The smallest absolute Gasteiger partial charge is 0.252 e. The minimum atomic E-state index is -0.108. The lowest BCUT2D eigenvalue weighted by Crippen LogP contribution is -2.25. The molecule has 3 rings (SSSR count). The first-order chi connectivity index (χ1) is 14.2. The number of carbonyl (C=O) groups excluding carboxylic acids is 1. The van der Waals surface area contributed by atoms with Gasteiger partial charge in [0.15, 0.2) is 0 Å². The number of nitrogens with zero attached hydrogens (tertiary/aromatic N) is 2. The van der Waals surface area contributed by atoms with Crippen molar-refractivity contribution in [1.29, 1.82) is 0 Å². The van der Waals surface area contributed by atoms with E-state index in [-0.39, 0.29) is 5.91 Å². The third kappa shape index (κ3) is 5.82. The van der Waals surface area contributed by atoms with Gasteiger partial charge < -0.3 is 15.5 Å². The Hall–Kier alpha value is -3.34. The highest BCUT2D eigenvalue weighted by atomic mass is 16.1. The van der Waals surface area contributed by atoms with Crippen LogP contribution in [0.15, 0.2) is 72.9 Å². The first-order valence-corrected chi connectivity index (χ1v) is 10.1. The molecular formula is C24H28N4O. The number of benzene rings is 2. The average Bonchev–Trinajstić information content (AvgIpc) is 2.77. The molecule has 0 aliphatic rings. The zero-order chi connectivity index (χ0) is 20.5. The van der Waals surface area contributed by atoms with Gasteiger partial charge in [-0.15, -0.1) is 0 Å². The van der Waals surface area contributed by atoms with Crippen molar-refractivity contribution in [2.45, 2.75) is 20.3 Å². The first-order valence-electron chi connectivity index (χ1n) is 10.1. The van der Waals surface area contributed by atoms with Crippen LogP contribution in [0.1, 0.15) is 29.8 Å². The minimum Gasteiger partial charge on any atom is -0.372 e. The van der Waals surface area contributed by atoms with Crippen LogP contribution in [0.25, 0.3) is 0 Å². The van der Waals surface area contributed by atoms with Crippen LogP contribution in [0.2, 0.25) is 0 Å². The van der Waals surface area contributed by atoms with E-state index in [2.05, 4.69) is 58.6 Å². The Labute approximate surface area is 172 Å². The lowest BCUT2D eigenvalue weighted by Gasteiger charge is -2.21. The Kier molecular flexibility index (Phi) is 7.22. The molecule has 0 bridgehead atoms. The van der Waals surface area contributed by atoms with E-state index in [1.165, 1.54) is 11.3 Å². The van der Waals surface area contributed by atoms with Gasteiger partial charge in [0.25, 0.3) is 5.91 Å². The van der Waals surface area contributed by atoms with Crippen molar-refractivity contribution in [1.82, 2.24) is 10.3 Å². The van der Waals surface area contributed by atoms with Gasteiger partial charge in [0.05, 0.1) is 5.56 Å². The molecule has 1 heterocycles. The minimum absolute atomic E-state index is 0.108. The topological polar surface area (TPSA) is 57.3 Å². The van der Waals surface area contributed by atoms with Crippen molar-refractivity contribution >= 4 is 23.1 Å². The van der Waals surface area contributed by atoms with Crippen molar-refractivity contribution in [2.24, 2.45) is 0 Å². The van der Waals surface area contributed by atoms with E-state index in [1.54, 1.807) is 12.3 Å². The summed E-state index contributed by atoms with van der Waals surface area (Å²) in [4.78, 5) is 19.0. The number of nitrogens with one attached hydrogen (secondary N) is 2. The van der Waals surface area contributed by atoms with Crippen molar-refractivity contribution in [3.05, 3.63) is 84.1 Å². The maximum absolute atomic E-state index is 12.3. The number of amides is 1. The van der Waals surface area contributed by atoms with Crippen LogP contribution in [0, 0.1) is 0 Å². The normalized spacial score (nSPS) is 10.4. The third-order valence-electron chi connectivity index (χ3n) is 4.84. The number of anilines is 3. The van der Waals surface area contributed by atoms with E-state index in [1.807, 2.05) is 36.4 Å². The number of aromatic nitrogens is 1. The van der Waals surface area contributed by atoms with Crippen molar-refractivity contribution in [3.8, 4) is 0 Å². The number of pyridine rings is 1. The highest BCUT2D eigenvalue weighted by Crippen LogP contribution is 2.20. The molecule has 3 aromatic rings. The summed E-state index contributed by atoms with van der Waals surface area (Å²) < 4.78 is 0. The summed E-state index contributed by atoms with van der Waals surface area (Å²) in [6.45, 7) is 6.87. The molecule has 0 atom stereocenters.